The average Bonchev–Trinajstić information content (AvgIpc) is 3.00. The molecule has 0 saturated carbocycles. The van der Waals surface area contributed by atoms with Crippen LogP contribution in [0.4, 0.5) is 0 Å². The van der Waals surface area contributed by atoms with Crippen LogP contribution >= 0.6 is 11.8 Å². The molecule has 0 aliphatic carbocycles. The van der Waals surface area contributed by atoms with Gasteiger partial charge in [0.25, 0.3) is 0 Å². The van der Waals surface area contributed by atoms with Gasteiger partial charge < -0.3 is 9.84 Å². The molecule has 0 spiro atoms. The van der Waals surface area contributed by atoms with Crippen LogP contribution in [0.1, 0.15) is 17.4 Å². The summed E-state index contributed by atoms with van der Waals surface area (Å²) in [5.41, 5.74) is 1.08. The lowest BCUT2D eigenvalue weighted by molar-refractivity contribution is -0.133. The number of thioether (sulfide) groups is 1. The number of fused-ring (bicyclic) bond motifs is 1. The molecule has 0 radical (unpaired) electrons. The Hall–Kier alpha value is -2.02. The highest BCUT2D eigenvalue weighted by Crippen LogP contribution is 2.36. The van der Waals surface area contributed by atoms with Gasteiger partial charge in [-0.25, -0.2) is 0 Å². The number of carboxylic acid groups (broad SMARTS) is 1. The van der Waals surface area contributed by atoms with E-state index in [4.69, 9.17) is 9.84 Å². The minimum atomic E-state index is -0.870. The highest BCUT2D eigenvalue weighted by molar-refractivity contribution is 7.99. The fourth-order valence-electron chi connectivity index (χ4n) is 2.29. The summed E-state index contributed by atoms with van der Waals surface area (Å²) in [6.45, 7) is 2.37. The lowest BCUT2D eigenvalue weighted by Crippen LogP contribution is -2.15. The zero-order valence-electron chi connectivity index (χ0n) is 10.8. The van der Waals surface area contributed by atoms with Crippen molar-refractivity contribution in [2.75, 3.05) is 12.4 Å². The zero-order chi connectivity index (χ0) is 14.1. The number of benzene rings is 1. The molecule has 1 atom stereocenters. The van der Waals surface area contributed by atoms with Crippen molar-refractivity contribution in [3.05, 3.63) is 35.7 Å². The van der Waals surface area contributed by atoms with Crippen LogP contribution in [0, 0.1) is 6.92 Å². The van der Waals surface area contributed by atoms with Crippen LogP contribution < -0.4 is 4.74 Å². The normalized spacial score (nSPS) is 16.8. The minimum absolute atomic E-state index is 0.00232. The molecule has 0 fully saturated rings. The van der Waals surface area contributed by atoms with Gasteiger partial charge in [0.1, 0.15) is 18.2 Å². The standard InChI is InChI=1S/C13H13N3O3S/c1-8-14-15-13(20-7-12(17)18)16(8)10-6-19-11-5-3-2-4-9(10)11/h2-5,10H,6-7H2,1H3,(H,17,18). The van der Waals surface area contributed by atoms with Gasteiger partial charge in [0.15, 0.2) is 5.16 Å². The predicted molar refractivity (Wildman–Crippen MR) is 73.2 cm³/mol. The number of hydrogen-bond acceptors (Lipinski definition) is 5. The molecule has 2 aromatic rings. The maximum Gasteiger partial charge on any atom is 0.313 e. The molecule has 0 bridgehead atoms. The Balaban J connectivity index is 1.95. The van der Waals surface area contributed by atoms with E-state index in [1.165, 1.54) is 11.8 Å². The average molecular weight is 291 g/mol. The van der Waals surface area contributed by atoms with Crippen LogP contribution in [0.25, 0.3) is 0 Å². The van der Waals surface area contributed by atoms with E-state index in [0.29, 0.717) is 11.8 Å². The summed E-state index contributed by atoms with van der Waals surface area (Å²) in [5.74, 6) is 0.709. The van der Waals surface area contributed by atoms with Gasteiger partial charge in [0.2, 0.25) is 0 Å². The minimum Gasteiger partial charge on any atom is -0.491 e. The molecular formula is C13H13N3O3S. The second-order valence-corrected chi connectivity index (χ2v) is 5.39. The van der Waals surface area contributed by atoms with Crippen LogP contribution in [-0.4, -0.2) is 38.2 Å². The molecule has 7 heteroatoms. The monoisotopic (exact) mass is 291 g/mol. The fraction of sp³-hybridized carbons (Fsp3) is 0.308. The lowest BCUT2D eigenvalue weighted by Gasteiger charge is -2.14. The van der Waals surface area contributed by atoms with E-state index in [-0.39, 0.29) is 11.8 Å². The Morgan fingerprint density at radius 3 is 3.10 bits per heavy atom. The van der Waals surface area contributed by atoms with Crippen molar-refractivity contribution < 1.29 is 14.6 Å². The van der Waals surface area contributed by atoms with Gasteiger partial charge in [-0.15, -0.1) is 10.2 Å². The molecule has 1 N–H and O–H groups in total. The second kappa shape index (κ2) is 5.16. The number of aryl methyl sites for hydroxylation is 1. The molecule has 0 amide bonds. The summed E-state index contributed by atoms with van der Waals surface area (Å²) in [4.78, 5) is 10.7. The maximum atomic E-state index is 10.7. The van der Waals surface area contributed by atoms with Gasteiger partial charge in [-0.05, 0) is 13.0 Å². The summed E-state index contributed by atoms with van der Waals surface area (Å²) in [6, 6.07) is 7.83. The second-order valence-electron chi connectivity index (χ2n) is 4.45. The van der Waals surface area contributed by atoms with Gasteiger partial charge in [-0.3, -0.25) is 9.36 Å². The summed E-state index contributed by atoms with van der Waals surface area (Å²) < 4.78 is 7.61. The first-order valence-corrected chi connectivity index (χ1v) is 7.13. The van der Waals surface area contributed by atoms with E-state index in [1.807, 2.05) is 35.8 Å². The molecule has 1 aliphatic rings. The lowest BCUT2D eigenvalue weighted by atomic mass is 10.1. The molecule has 1 aliphatic heterocycles. The van der Waals surface area contributed by atoms with Crippen molar-refractivity contribution in [2.45, 2.75) is 18.1 Å². The first-order chi connectivity index (χ1) is 9.66. The van der Waals surface area contributed by atoms with Gasteiger partial charge in [-0.1, -0.05) is 30.0 Å². The van der Waals surface area contributed by atoms with Crippen molar-refractivity contribution >= 4 is 17.7 Å². The summed E-state index contributed by atoms with van der Waals surface area (Å²) in [7, 11) is 0. The first kappa shape index (κ1) is 13.0. The molecule has 1 aromatic carbocycles. The summed E-state index contributed by atoms with van der Waals surface area (Å²) >= 11 is 1.17. The number of hydrogen-bond donors (Lipinski definition) is 1. The number of ether oxygens (including phenoxy) is 1. The molecular weight excluding hydrogens is 278 g/mol. The first-order valence-electron chi connectivity index (χ1n) is 6.14. The van der Waals surface area contributed by atoms with Crippen molar-refractivity contribution in [1.82, 2.24) is 14.8 Å². The molecule has 3 rings (SSSR count). The molecule has 0 saturated heterocycles. The van der Waals surface area contributed by atoms with Crippen molar-refractivity contribution in [3.63, 3.8) is 0 Å². The highest BCUT2D eigenvalue weighted by Gasteiger charge is 2.29. The largest absolute Gasteiger partial charge is 0.491 e. The summed E-state index contributed by atoms with van der Waals surface area (Å²) in [5, 5.41) is 17.5. The van der Waals surface area contributed by atoms with E-state index >= 15 is 0 Å². The number of nitrogens with zero attached hydrogens (tertiary/aromatic N) is 3. The SMILES string of the molecule is Cc1nnc(SCC(=O)O)n1C1COc2ccccc21. The van der Waals surface area contributed by atoms with E-state index in [2.05, 4.69) is 10.2 Å². The molecule has 6 nitrogen and oxygen atoms in total. The number of carboxylic acids is 1. The Kier molecular flexibility index (Phi) is 3.35. The Labute approximate surface area is 119 Å². The number of rotatable bonds is 4. The Bertz CT molecular complexity index is 656. The van der Waals surface area contributed by atoms with Crippen LogP contribution in [0.2, 0.25) is 0 Å². The number of carbonyl (C=O) groups is 1. The van der Waals surface area contributed by atoms with Crippen molar-refractivity contribution in [2.24, 2.45) is 0 Å². The molecule has 2 heterocycles. The van der Waals surface area contributed by atoms with E-state index < -0.39 is 5.97 Å². The van der Waals surface area contributed by atoms with E-state index in [1.54, 1.807) is 0 Å². The third-order valence-electron chi connectivity index (χ3n) is 3.15. The van der Waals surface area contributed by atoms with Crippen LogP contribution in [0.15, 0.2) is 29.4 Å². The van der Waals surface area contributed by atoms with Crippen molar-refractivity contribution in [3.8, 4) is 5.75 Å². The molecule has 20 heavy (non-hydrogen) atoms. The Morgan fingerprint density at radius 2 is 2.30 bits per heavy atom. The predicted octanol–water partition coefficient (Wildman–Crippen LogP) is 1.75. The quantitative estimate of drug-likeness (QED) is 0.865. The van der Waals surface area contributed by atoms with Gasteiger partial charge >= 0.3 is 5.97 Å². The Morgan fingerprint density at radius 1 is 1.50 bits per heavy atom. The van der Waals surface area contributed by atoms with Crippen LogP contribution in [0.3, 0.4) is 0 Å². The smallest absolute Gasteiger partial charge is 0.313 e. The van der Waals surface area contributed by atoms with Crippen LogP contribution in [-0.2, 0) is 4.79 Å². The third kappa shape index (κ3) is 2.24. The van der Waals surface area contributed by atoms with Gasteiger partial charge in [0, 0.05) is 5.56 Å². The van der Waals surface area contributed by atoms with E-state index in [0.717, 1.165) is 17.1 Å². The number of para-hydroxylation sites is 1. The molecule has 104 valence electrons. The fourth-order valence-corrected chi connectivity index (χ4v) is 3.04. The summed E-state index contributed by atoms with van der Waals surface area (Å²) in [6.07, 6.45) is 0. The zero-order valence-corrected chi connectivity index (χ0v) is 11.6. The highest BCUT2D eigenvalue weighted by atomic mass is 32.2. The molecule has 1 aromatic heterocycles. The van der Waals surface area contributed by atoms with Crippen molar-refractivity contribution in [1.29, 1.82) is 0 Å². The molecule has 1 unspecified atom stereocenters. The van der Waals surface area contributed by atoms with Crippen LogP contribution in [0.5, 0.6) is 5.75 Å². The maximum absolute atomic E-state index is 10.7. The number of aliphatic carboxylic acids is 1. The third-order valence-corrected chi connectivity index (χ3v) is 4.07. The van der Waals surface area contributed by atoms with Gasteiger partial charge in [0.05, 0.1) is 11.8 Å². The number of aromatic nitrogens is 3. The topological polar surface area (TPSA) is 77.2 Å². The van der Waals surface area contributed by atoms with E-state index in [9.17, 15) is 4.79 Å². The van der Waals surface area contributed by atoms with Gasteiger partial charge in [-0.2, -0.15) is 0 Å².